The van der Waals surface area contributed by atoms with Crippen molar-refractivity contribution >= 4 is 5.97 Å². The lowest BCUT2D eigenvalue weighted by atomic mass is 10.0. The zero-order valence-corrected chi connectivity index (χ0v) is 13.9. The van der Waals surface area contributed by atoms with Crippen LogP contribution >= 0.6 is 0 Å². The molecule has 0 aliphatic heterocycles. The van der Waals surface area contributed by atoms with E-state index < -0.39 is 0 Å². The maximum Gasteiger partial charge on any atom is 0.338 e. The van der Waals surface area contributed by atoms with Gasteiger partial charge in [0.25, 0.3) is 0 Å². The number of aromatic nitrogens is 2. The van der Waals surface area contributed by atoms with Gasteiger partial charge in [0.05, 0.1) is 17.8 Å². The van der Waals surface area contributed by atoms with E-state index in [0.717, 1.165) is 22.5 Å². The summed E-state index contributed by atoms with van der Waals surface area (Å²) in [4.78, 5) is 12.1. The summed E-state index contributed by atoms with van der Waals surface area (Å²) in [7, 11) is 0. The number of carbonyl (C=O) groups excluding carboxylic acids is 1. The predicted octanol–water partition coefficient (Wildman–Crippen LogP) is 4.02. The van der Waals surface area contributed by atoms with Crippen LogP contribution in [0.15, 0.2) is 60.7 Å². The van der Waals surface area contributed by atoms with Gasteiger partial charge in [0.2, 0.25) is 0 Å². The summed E-state index contributed by atoms with van der Waals surface area (Å²) in [5.74, 6) is -0.309. The fraction of sp³-hybridized carbons (Fsp3) is 0.200. The molecule has 0 fully saturated rings. The largest absolute Gasteiger partial charge is 0.460 e. The van der Waals surface area contributed by atoms with Crippen LogP contribution in [-0.2, 0) is 11.3 Å². The maximum absolute atomic E-state index is 12.1. The molecule has 0 saturated heterocycles. The Morgan fingerprint density at radius 2 is 1.67 bits per heavy atom. The van der Waals surface area contributed by atoms with Crippen molar-refractivity contribution in [3.8, 4) is 11.1 Å². The SMILES string of the molecule is Cc1cc(C)n(CCOC(=O)c2ccc(-c3ccccc3)cc2)n1. The van der Waals surface area contributed by atoms with E-state index in [1.165, 1.54) is 0 Å². The molecule has 1 heterocycles. The smallest absolute Gasteiger partial charge is 0.338 e. The van der Waals surface area contributed by atoms with Crippen molar-refractivity contribution in [1.82, 2.24) is 9.78 Å². The summed E-state index contributed by atoms with van der Waals surface area (Å²) in [5.41, 5.74) is 4.80. The monoisotopic (exact) mass is 320 g/mol. The summed E-state index contributed by atoms with van der Waals surface area (Å²) in [6, 6.07) is 19.5. The van der Waals surface area contributed by atoms with Gasteiger partial charge in [-0.25, -0.2) is 4.79 Å². The zero-order valence-electron chi connectivity index (χ0n) is 13.9. The summed E-state index contributed by atoms with van der Waals surface area (Å²) in [6.07, 6.45) is 0. The average Bonchev–Trinajstić information content (AvgIpc) is 2.93. The Labute approximate surface area is 141 Å². The summed E-state index contributed by atoms with van der Waals surface area (Å²) >= 11 is 0. The second kappa shape index (κ2) is 7.13. The predicted molar refractivity (Wildman–Crippen MR) is 93.9 cm³/mol. The molecule has 4 heteroatoms. The molecule has 0 bridgehead atoms. The third-order valence-corrected chi connectivity index (χ3v) is 3.87. The van der Waals surface area contributed by atoms with Crippen LogP contribution in [0.3, 0.4) is 0 Å². The third-order valence-electron chi connectivity index (χ3n) is 3.87. The number of ether oxygens (including phenoxy) is 1. The summed E-state index contributed by atoms with van der Waals surface area (Å²) in [6.45, 7) is 4.81. The van der Waals surface area contributed by atoms with Gasteiger partial charge in [0.15, 0.2) is 0 Å². The maximum atomic E-state index is 12.1. The molecule has 0 aliphatic carbocycles. The van der Waals surface area contributed by atoms with Crippen molar-refractivity contribution in [2.45, 2.75) is 20.4 Å². The normalized spacial score (nSPS) is 10.6. The van der Waals surface area contributed by atoms with Gasteiger partial charge < -0.3 is 4.74 Å². The van der Waals surface area contributed by atoms with Crippen LogP contribution in [0, 0.1) is 13.8 Å². The minimum Gasteiger partial charge on any atom is -0.460 e. The minimum absolute atomic E-state index is 0.307. The molecule has 0 unspecified atom stereocenters. The molecule has 3 aromatic rings. The molecule has 122 valence electrons. The van der Waals surface area contributed by atoms with Crippen LogP contribution in [0.4, 0.5) is 0 Å². The Hall–Kier alpha value is -2.88. The van der Waals surface area contributed by atoms with E-state index in [1.54, 1.807) is 12.1 Å². The topological polar surface area (TPSA) is 44.1 Å². The Morgan fingerprint density at radius 1 is 1.00 bits per heavy atom. The number of nitrogens with zero attached hydrogens (tertiary/aromatic N) is 2. The molecular formula is C20H20N2O2. The molecule has 3 rings (SSSR count). The molecular weight excluding hydrogens is 300 g/mol. The van der Waals surface area contributed by atoms with Crippen molar-refractivity contribution in [3.63, 3.8) is 0 Å². The quantitative estimate of drug-likeness (QED) is 0.667. The van der Waals surface area contributed by atoms with E-state index in [1.807, 2.05) is 67.1 Å². The molecule has 24 heavy (non-hydrogen) atoms. The number of aryl methyl sites for hydroxylation is 2. The lowest BCUT2D eigenvalue weighted by Crippen LogP contribution is -2.13. The number of carbonyl (C=O) groups is 1. The highest BCUT2D eigenvalue weighted by Gasteiger charge is 2.08. The van der Waals surface area contributed by atoms with E-state index in [9.17, 15) is 4.79 Å². The fourth-order valence-electron chi connectivity index (χ4n) is 2.64. The molecule has 0 spiro atoms. The van der Waals surface area contributed by atoms with Gasteiger partial charge in [-0.1, -0.05) is 42.5 Å². The lowest BCUT2D eigenvalue weighted by Gasteiger charge is -2.07. The van der Waals surface area contributed by atoms with Crippen molar-refractivity contribution in [1.29, 1.82) is 0 Å². The van der Waals surface area contributed by atoms with Crippen LogP contribution < -0.4 is 0 Å². The number of esters is 1. The van der Waals surface area contributed by atoms with Gasteiger partial charge in [-0.2, -0.15) is 5.10 Å². The van der Waals surface area contributed by atoms with Crippen molar-refractivity contribution in [3.05, 3.63) is 77.6 Å². The standard InChI is InChI=1S/C20H20N2O2/c1-15-14-16(2)22(21-15)12-13-24-20(23)19-10-8-18(9-11-19)17-6-4-3-5-7-17/h3-11,14H,12-13H2,1-2H3. The molecule has 0 amide bonds. The first-order chi connectivity index (χ1) is 11.6. The molecule has 0 aliphatic rings. The van der Waals surface area contributed by atoms with Gasteiger partial charge >= 0.3 is 5.97 Å². The molecule has 0 N–H and O–H groups in total. The van der Waals surface area contributed by atoms with Crippen molar-refractivity contribution in [2.24, 2.45) is 0 Å². The Bertz CT molecular complexity index is 821. The van der Waals surface area contributed by atoms with Crippen molar-refractivity contribution < 1.29 is 9.53 Å². The van der Waals surface area contributed by atoms with Gasteiger partial charge in [-0.05, 0) is 43.2 Å². The van der Waals surface area contributed by atoms with Gasteiger partial charge in [-0.15, -0.1) is 0 Å². The molecule has 0 radical (unpaired) electrons. The van der Waals surface area contributed by atoms with E-state index in [0.29, 0.717) is 18.7 Å². The highest BCUT2D eigenvalue weighted by Crippen LogP contribution is 2.19. The van der Waals surface area contributed by atoms with E-state index in [4.69, 9.17) is 4.74 Å². The Balaban J connectivity index is 1.58. The van der Waals surface area contributed by atoms with Gasteiger partial charge in [-0.3, -0.25) is 4.68 Å². The van der Waals surface area contributed by atoms with Crippen LogP contribution in [0.25, 0.3) is 11.1 Å². The van der Waals surface area contributed by atoms with Crippen LogP contribution in [-0.4, -0.2) is 22.4 Å². The van der Waals surface area contributed by atoms with Gasteiger partial charge in [0.1, 0.15) is 6.61 Å². The van der Waals surface area contributed by atoms with E-state index >= 15 is 0 Å². The number of hydrogen-bond acceptors (Lipinski definition) is 3. The minimum atomic E-state index is -0.309. The highest BCUT2D eigenvalue weighted by atomic mass is 16.5. The fourth-order valence-corrected chi connectivity index (χ4v) is 2.64. The number of rotatable bonds is 5. The average molecular weight is 320 g/mol. The van der Waals surface area contributed by atoms with E-state index in [2.05, 4.69) is 5.10 Å². The first-order valence-electron chi connectivity index (χ1n) is 7.97. The molecule has 1 aromatic heterocycles. The zero-order chi connectivity index (χ0) is 16.9. The van der Waals surface area contributed by atoms with Gasteiger partial charge in [0, 0.05) is 5.69 Å². The number of hydrogen-bond donors (Lipinski definition) is 0. The first kappa shape index (κ1) is 16.0. The molecule has 0 atom stereocenters. The summed E-state index contributed by atoms with van der Waals surface area (Å²) in [5, 5.41) is 4.35. The van der Waals surface area contributed by atoms with Crippen LogP contribution in [0.1, 0.15) is 21.7 Å². The second-order valence-electron chi connectivity index (χ2n) is 5.73. The molecule has 0 saturated carbocycles. The molecule has 2 aromatic carbocycles. The first-order valence-corrected chi connectivity index (χ1v) is 7.97. The van der Waals surface area contributed by atoms with Crippen molar-refractivity contribution in [2.75, 3.05) is 6.61 Å². The van der Waals surface area contributed by atoms with E-state index in [-0.39, 0.29) is 5.97 Å². The van der Waals surface area contributed by atoms with Crippen LogP contribution in [0.2, 0.25) is 0 Å². The Morgan fingerprint density at radius 3 is 2.29 bits per heavy atom. The third kappa shape index (κ3) is 3.71. The summed E-state index contributed by atoms with van der Waals surface area (Å²) < 4.78 is 7.19. The Kier molecular flexibility index (Phi) is 4.75. The van der Waals surface area contributed by atoms with Crippen LogP contribution in [0.5, 0.6) is 0 Å². The highest BCUT2D eigenvalue weighted by molar-refractivity contribution is 5.90. The number of benzene rings is 2. The second-order valence-corrected chi connectivity index (χ2v) is 5.73. The lowest BCUT2D eigenvalue weighted by molar-refractivity contribution is 0.0487. The molecule has 4 nitrogen and oxygen atoms in total.